The SMILES string of the molecule is Cc1ccc(S(=O)(=O)N(CC(=O)NCc2cccc3ccccc23)Cc2ccc(F)cc2)cc1. The zero-order valence-corrected chi connectivity index (χ0v) is 19.6. The molecule has 5 nitrogen and oxygen atoms in total. The van der Waals surface area contributed by atoms with Gasteiger partial charge in [0.05, 0.1) is 11.4 Å². The molecule has 4 aromatic carbocycles. The summed E-state index contributed by atoms with van der Waals surface area (Å²) in [5.41, 5.74) is 2.45. The Hall–Kier alpha value is -3.55. The van der Waals surface area contributed by atoms with E-state index in [1.54, 1.807) is 12.1 Å². The molecule has 1 N–H and O–H groups in total. The minimum Gasteiger partial charge on any atom is -0.351 e. The van der Waals surface area contributed by atoms with Gasteiger partial charge >= 0.3 is 0 Å². The van der Waals surface area contributed by atoms with Crippen LogP contribution in [0.5, 0.6) is 0 Å². The van der Waals surface area contributed by atoms with Crippen LogP contribution in [0.1, 0.15) is 16.7 Å². The minimum absolute atomic E-state index is 0.0574. The number of benzene rings is 4. The van der Waals surface area contributed by atoms with Gasteiger partial charge in [-0.1, -0.05) is 72.3 Å². The van der Waals surface area contributed by atoms with Crippen molar-refractivity contribution in [3.63, 3.8) is 0 Å². The number of nitrogens with zero attached hydrogens (tertiary/aromatic N) is 1. The number of nitrogens with one attached hydrogen (secondary N) is 1. The normalized spacial score (nSPS) is 11.6. The van der Waals surface area contributed by atoms with E-state index >= 15 is 0 Å². The first-order chi connectivity index (χ1) is 16.3. The van der Waals surface area contributed by atoms with Crippen molar-refractivity contribution >= 4 is 26.7 Å². The van der Waals surface area contributed by atoms with E-state index in [-0.39, 0.29) is 24.5 Å². The summed E-state index contributed by atoms with van der Waals surface area (Å²) in [6.45, 7) is 1.72. The van der Waals surface area contributed by atoms with Crippen molar-refractivity contribution in [1.82, 2.24) is 9.62 Å². The summed E-state index contributed by atoms with van der Waals surface area (Å²) in [7, 11) is -3.96. The van der Waals surface area contributed by atoms with Crippen LogP contribution in [0.25, 0.3) is 10.8 Å². The highest BCUT2D eigenvalue weighted by molar-refractivity contribution is 7.89. The Kier molecular flexibility index (Phi) is 7.05. The van der Waals surface area contributed by atoms with Crippen molar-refractivity contribution in [2.24, 2.45) is 0 Å². The number of aryl methyl sites for hydroxylation is 1. The van der Waals surface area contributed by atoms with Gasteiger partial charge in [0.1, 0.15) is 5.82 Å². The van der Waals surface area contributed by atoms with Crippen LogP contribution in [0.2, 0.25) is 0 Å². The summed E-state index contributed by atoms with van der Waals surface area (Å²) >= 11 is 0. The predicted molar refractivity (Wildman–Crippen MR) is 131 cm³/mol. The van der Waals surface area contributed by atoms with E-state index in [9.17, 15) is 17.6 Å². The Morgan fingerprint density at radius 1 is 0.882 bits per heavy atom. The van der Waals surface area contributed by atoms with Gasteiger partial charge in [-0.15, -0.1) is 0 Å². The van der Waals surface area contributed by atoms with E-state index in [1.165, 1.54) is 36.4 Å². The monoisotopic (exact) mass is 476 g/mol. The van der Waals surface area contributed by atoms with Crippen LogP contribution in [-0.4, -0.2) is 25.2 Å². The highest BCUT2D eigenvalue weighted by atomic mass is 32.2. The van der Waals surface area contributed by atoms with Gasteiger partial charge in [-0.05, 0) is 53.1 Å². The third-order valence-electron chi connectivity index (χ3n) is 5.61. The van der Waals surface area contributed by atoms with Crippen molar-refractivity contribution in [2.45, 2.75) is 24.9 Å². The molecular weight excluding hydrogens is 451 g/mol. The fourth-order valence-electron chi connectivity index (χ4n) is 3.74. The van der Waals surface area contributed by atoms with Crippen LogP contribution in [0.15, 0.2) is 95.9 Å². The molecule has 0 atom stereocenters. The average molecular weight is 477 g/mol. The smallest absolute Gasteiger partial charge is 0.243 e. The average Bonchev–Trinajstić information content (AvgIpc) is 2.84. The number of hydrogen-bond acceptors (Lipinski definition) is 3. The van der Waals surface area contributed by atoms with Gasteiger partial charge in [-0.25, -0.2) is 12.8 Å². The Morgan fingerprint density at radius 3 is 2.29 bits per heavy atom. The molecule has 0 aromatic heterocycles. The lowest BCUT2D eigenvalue weighted by Crippen LogP contribution is -2.40. The van der Waals surface area contributed by atoms with Crippen LogP contribution < -0.4 is 5.32 Å². The van der Waals surface area contributed by atoms with Crippen molar-refractivity contribution in [3.8, 4) is 0 Å². The van der Waals surface area contributed by atoms with Gasteiger partial charge in [0.2, 0.25) is 15.9 Å². The molecule has 1 amide bonds. The Balaban J connectivity index is 1.55. The molecule has 4 rings (SSSR count). The third-order valence-corrected chi connectivity index (χ3v) is 7.41. The number of hydrogen-bond donors (Lipinski definition) is 1. The summed E-state index contributed by atoms with van der Waals surface area (Å²) in [5, 5.41) is 4.94. The van der Waals surface area contributed by atoms with Crippen LogP contribution in [0.3, 0.4) is 0 Å². The zero-order valence-electron chi connectivity index (χ0n) is 18.7. The molecule has 0 radical (unpaired) electrons. The number of carbonyl (C=O) groups is 1. The topological polar surface area (TPSA) is 66.5 Å². The molecule has 7 heteroatoms. The maximum Gasteiger partial charge on any atom is 0.243 e. The quantitative estimate of drug-likeness (QED) is 0.398. The van der Waals surface area contributed by atoms with E-state index < -0.39 is 21.7 Å². The molecule has 0 heterocycles. The summed E-state index contributed by atoms with van der Waals surface area (Å²) in [5.74, 6) is -0.838. The summed E-state index contributed by atoms with van der Waals surface area (Å²) in [6.07, 6.45) is 0. The van der Waals surface area contributed by atoms with E-state index in [0.717, 1.165) is 26.2 Å². The summed E-state index contributed by atoms with van der Waals surface area (Å²) in [6, 6.07) is 25.8. The lowest BCUT2D eigenvalue weighted by Gasteiger charge is -2.22. The molecule has 0 bridgehead atoms. The number of fused-ring (bicyclic) bond motifs is 1. The van der Waals surface area contributed by atoms with E-state index in [4.69, 9.17) is 0 Å². The highest BCUT2D eigenvalue weighted by Gasteiger charge is 2.27. The first kappa shape index (κ1) is 23.6. The van der Waals surface area contributed by atoms with Crippen LogP contribution >= 0.6 is 0 Å². The first-order valence-corrected chi connectivity index (χ1v) is 12.3. The fraction of sp³-hybridized carbons (Fsp3) is 0.148. The van der Waals surface area contributed by atoms with Gasteiger partial charge in [-0.3, -0.25) is 4.79 Å². The van der Waals surface area contributed by atoms with Gasteiger partial charge in [0.25, 0.3) is 0 Å². The number of amides is 1. The Morgan fingerprint density at radius 2 is 1.56 bits per heavy atom. The lowest BCUT2D eigenvalue weighted by atomic mass is 10.0. The van der Waals surface area contributed by atoms with Crippen LogP contribution in [0, 0.1) is 12.7 Å². The molecule has 0 fully saturated rings. The molecule has 0 saturated carbocycles. The Bertz CT molecular complexity index is 1400. The van der Waals surface area contributed by atoms with Crippen molar-refractivity contribution in [3.05, 3.63) is 114 Å². The summed E-state index contributed by atoms with van der Waals surface area (Å²) < 4.78 is 41.2. The minimum atomic E-state index is -3.96. The molecule has 0 aliphatic rings. The van der Waals surface area contributed by atoms with Crippen molar-refractivity contribution < 1.29 is 17.6 Å². The van der Waals surface area contributed by atoms with Crippen LogP contribution in [0.4, 0.5) is 4.39 Å². The van der Waals surface area contributed by atoms with Gasteiger partial charge in [0, 0.05) is 13.1 Å². The van der Waals surface area contributed by atoms with Gasteiger partial charge < -0.3 is 5.32 Å². The number of rotatable bonds is 8. The summed E-state index contributed by atoms with van der Waals surface area (Å²) in [4.78, 5) is 13.0. The first-order valence-electron chi connectivity index (χ1n) is 10.9. The van der Waals surface area contributed by atoms with Crippen molar-refractivity contribution in [2.75, 3.05) is 6.54 Å². The second-order valence-electron chi connectivity index (χ2n) is 8.13. The number of sulfonamides is 1. The molecule has 0 aliphatic heterocycles. The lowest BCUT2D eigenvalue weighted by molar-refractivity contribution is -0.121. The fourth-order valence-corrected chi connectivity index (χ4v) is 5.12. The van der Waals surface area contributed by atoms with Gasteiger partial charge in [-0.2, -0.15) is 4.31 Å². The maximum atomic E-state index is 13.4. The van der Waals surface area contributed by atoms with E-state index in [1.807, 2.05) is 49.4 Å². The molecule has 0 spiro atoms. The second kappa shape index (κ2) is 10.2. The molecule has 0 saturated heterocycles. The molecular formula is C27H25FN2O3S. The molecule has 0 aliphatic carbocycles. The Labute approximate surface area is 198 Å². The molecule has 174 valence electrons. The highest BCUT2D eigenvalue weighted by Crippen LogP contribution is 2.20. The third kappa shape index (κ3) is 5.50. The largest absolute Gasteiger partial charge is 0.351 e. The number of halogens is 1. The van der Waals surface area contributed by atoms with E-state index in [0.29, 0.717) is 5.56 Å². The van der Waals surface area contributed by atoms with Crippen LogP contribution in [-0.2, 0) is 27.9 Å². The maximum absolute atomic E-state index is 13.4. The molecule has 4 aromatic rings. The van der Waals surface area contributed by atoms with Gasteiger partial charge in [0.15, 0.2) is 0 Å². The number of carbonyl (C=O) groups excluding carboxylic acids is 1. The second-order valence-corrected chi connectivity index (χ2v) is 10.1. The molecule has 0 unspecified atom stereocenters. The standard InChI is InChI=1S/C27H25FN2O3S/c1-20-9-15-25(16-10-20)34(32,33)30(18-21-11-13-24(28)14-12-21)19-27(31)29-17-23-7-4-6-22-5-2-3-8-26(22)23/h2-16H,17-19H2,1H3,(H,29,31). The predicted octanol–water partition coefficient (Wildman–Crippen LogP) is 4.79. The van der Waals surface area contributed by atoms with E-state index in [2.05, 4.69) is 5.32 Å². The molecule has 34 heavy (non-hydrogen) atoms. The van der Waals surface area contributed by atoms with Crippen molar-refractivity contribution in [1.29, 1.82) is 0 Å². The zero-order chi connectivity index (χ0) is 24.1.